The summed E-state index contributed by atoms with van der Waals surface area (Å²) in [6, 6.07) is 1.35. The summed E-state index contributed by atoms with van der Waals surface area (Å²) in [6.45, 7) is 5.97. The number of hydrogen-bond acceptors (Lipinski definition) is 6. The number of carbonyl (C=O) groups excluding carboxylic acids is 3. The Labute approximate surface area is 176 Å². The Morgan fingerprint density at radius 2 is 2.10 bits per heavy atom. The zero-order valence-electron chi connectivity index (χ0n) is 18.0. The van der Waals surface area contributed by atoms with E-state index in [-0.39, 0.29) is 36.2 Å². The van der Waals surface area contributed by atoms with Gasteiger partial charge in [-0.1, -0.05) is 5.16 Å². The van der Waals surface area contributed by atoms with Crippen LogP contribution in [-0.4, -0.2) is 82.9 Å². The van der Waals surface area contributed by atoms with Crippen molar-refractivity contribution in [1.82, 2.24) is 19.9 Å². The highest BCUT2D eigenvalue weighted by atomic mass is 16.5. The number of nitrogens with one attached hydrogen (secondary N) is 1. The van der Waals surface area contributed by atoms with Crippen LogP contribution in [0.3, 0.4) is 0 Å². The first-order chi connectivity index (χ1) is 14.4. The number of piperidine rings is 3. The van der Waals surface area contributed by atoms with Crippen molar-refractivity contribution in [3.8, 4) is 0 Å². The topological polar surface area (TPSA) is 99.0 Å². The van der Waals surface area contributed by atoms with Crippen molar-refractivity contribution in [3.63, 3.8) is 0 Å². The number of nitrogens with zero attached hydrogens (tertiary/aromatic N) is 4. The second-order valence-electron chi connectivity index (χ2n) is 8.88. The summed E-state index contributed by atoms with van der Waals surface area (Å²) in [5.74, 6) is 1.38. The molecule has 3 amide bonds. The van der Waals surface area contributed by atoms with E-state index in [0.29, 0.717) is 37.0 Å². The third-order valence-corrected chi connectivity index (χ3v) is 6.78. The van der Waals surface area contributed by atoms with Crippen molar-refractivity contribution < 1.29 is 18.9 Å². The molecule has 30 heavy (non-hydrogen) atoms. The predicted molar refractivity (Wildman–Crippen MR) is 109 cm³/mol. The highest BCUT2D eigenvalue weighted by Crippen LogP contribution is 2.42. The smallest absolute Gasteiger partial charge is 0.245 e. The molecule has 0 unspecified atom stereocenters. The van der Waals surface area contributed by atoms with Crippen LogP contribution in [-0.2, 0) is 14.4 Å². The number of aryl methyl sites for hydroxylation is 1. The second-order valence-corrected chi connectivity index (χ2v) is 8.88. The molecule has 3 aliphatic heterocycles. The van der Waals surface area contributed by atoms with E-state index in [0.717, 1.165) is 25.8 Å². The monoisotopic (exact) mass is 417 g/mol. The Hall–Kier alpha value is -2.42. The van der Waals surface area contributed by atoms with Gasteiger partial charge in [0.2, 0.25) is 17.7 Å². The number of carbonyl (C=O) groups is 3. The molecule has 3 aliphatic rings. The van der Waals surface area contributed by atoms with Gasteiger partial charge in [0.05, 0.1) is 6.54 Å². The van der Waals surface area contributed by atoms with E-state index in [9.17, 15) is 14.4 Å². The first kappa shape index (κ1) is 20.8. The Morgan fingerprint density at radius 3 is 2.80 bits per heavy atom. The van der Waals surface area contributed by atoms with Gasteiger partial charge in [0.25, 0.3) is 0 Å². The van der Waals surface area contributed by atoms with Crippen LogP contribution in [0.15, 0.2) is 10.6 Å². The van der Waals surface area contributed by atoms with E-state index < -0.39 is 6.04 Å². The molecule has 0 saturated carbocycles. The molecule has 1 aromatic heterocycles. The molecule has 2 bridgehead atoms. The Balaban J connectivity index is 1.50. The van der Waals surface area contributed by atoms with Gasteiger partial charge < -0.3 is 19.6 Å². The van der Waals surface area contributed by atoms with Crippen LogP contribution in [0.25, 0.3) is 0 Å². The van der Waals surface area contributed by atoms with Gasteiger partial charge in [0, 0.05) is 51.1 Å². The first-order valence-corrected chi connectivity index (χ1v) is 10.9. The average molecular weight is 418 g/mol. The molecular formula is C21H31N5O4. The molecule has 3 saturated heterocycles. The van der Waals surface area contributed by atoms with Crippen LogP contribution in [0, 0.1) is 18.8 Å². The SMILES string of the molecule is CCN(C)C(=O)[C@H]1[C@@H]2C[C@@H](CN(CC(=O)Nc3cc(C)on3)C2)[C@@H]2CCCC(=O)N21. The molecule has 4 heterocycles. The second kappa shape index (κ2) is 8.37. The minimum absolute atomic E-state index is 0.0190. The van der Waals surface area contributed by atoms with Gasteiger partial charge in [0.15, 0.2) is 5.82 Å². The Bertz CT molecular complexity index is 824. The zero-order valence-corrected chi connectivity index (χ0v) is 18.0. The maximum absolute atomic E-state index is 13.2. The van der Waals surface area contributed by atoms with Crippen molar-refractivity contribution in [2.45, 2.75) is 51.6 Å². The summed E-state index contributed by atoms with van der Waals surface area (Å²) in [5, 5.41) is 6.59. The van der Waals surface area contributed by atoms with Crippen LogP contribution in [0.4, 0.5) is 5.82 Å². The lowest BCUT2D eigenvalue weighted by Gasteiger charge is -2.56. The third kappa shape index (κ3) is 3.95. The Kier molecular flexibility index (Phi) is 5.81. The van der Waals surface area contributed by atoms with Gasteiger partial charge in [-0.25, -0.2) is 0 Å². The third-order valence-electron chi connectivity index (χ3n) is 6.78. The predicted octanol–water partition coefficient (Wildman–Crippen LogP) is 1.10. The van der Waals surface area contributed by atoms with Crippen LogP contribution >= 0.6 is 0 Å². The number of amides is 3. The summed E-state index contributed by atoms with van der Waals surface area (Å²) >= 11 is 0. The summed E-state index contributed by atoms with van der Waals surface area (Å²) in [6.07, 6.45) is 3.26. The number of rotatable bonds is 5. The largest absolute Gasteiger partial charge is 0.360 e. The molecule has 4 rings (SSSR count). The van der Waals surface area contributed by atoms with E-state index in [1.54, 1.807) is 24.9 Å². The molecule has 1 aromatic rings. The molecule has 4 atom stereocenters. The minimum atomic E-state index is -0.423. The van der Waals surface area contributed by atoms with Gasteiger partial charge in [0.1, 0.15) is 11.8 Å². The van der Waals surface area contributed by atoms with E-state index >= 15 is 0 Å². The molecule has 164 valence electrons. The van der Waals surface area contributed by atoms with Crippen molar-refractivity contribution in [1.29, 1.82) is 0 Å². The average Bonchev–Trinajstić information content (AvgIpc) is 3.12. The zero-order chi connectivity index (χ0) is 21.4. The molecule has 0 spiro atoms. The number of fused-ring (bicyclic) bond motifs is 4. The van der Waals surface area contributed by atoms with E-state index in [1.165, 1.54) is 0 Å². The summed E-state index contributed by atoms with van der Waals surface area (Å²) < 4.78 is 5.00. The fourth-order valence-electron chi connectivity index (χ4n) is 5.39. The summed E-state index contributed by atoms with van der Waals surface area (Å²) in [5.41, 5.74) is 0. The van der Waals surface area contributed by atoms with Crippen molar-refractivity contribution in [3.05, 3.63) is 11.8 Å². The standard InChI is InChI=1S/C21H31N5O4/c1-4-24(3)21(29)20-15-9-14(16-6-5-7-19(28)26(16)20)10-25(11-15)12-18(27)22-17-8-13(2)30-23-17/h8,14-16,20H,4-7,9-12H2,1-3H3,(H,22,23,27)/t14-,15+,16-,20+/m0/s1. The number of aromatic nitrogens is 1. The van der Waals surface area contributed by atoms with E-state index in [2.05, 4.69) is 15.4 Å². The lowest BCUT2D eigenvalue weighted by atomic mass is 9.71. The number of hydrogen-bond donors (Lipinski definition) is 1. The number of likely N-dealkylation sites (tertiary alicyclic amines) is 1. The van der Waals surface area contributed by atoms with Crippen molar-refractivity contribution in [2.75, 3.05) is 38.5 Å². The molecular weight excluding hydrogens is 386 g/mol. The molecule has 0 aliphatic carbocycles. The maximum atomic E-state index is 13.2. The normalized spacial score (nSPS) is 28.8. The maximum Gasteiger partial charge on any atom is 0.245 e. The molecule has 3 fully saturated rings. The molecule has 0 radical (unpaired) electrons. The van der Waals surface area contributed by atoms with Gasteiger partial charge >= 0.3 is 0 Å². The molecule has 1 N–H and O–H groups in total. The lowest BCUT2D eigenvalue weighted by molar-refractivity contribution is -0.164. The minimum Gasteiger partial charge on any atom is -0.360 e. The van der Waals surface area contributed by atoms with Crippen molar-refractivity contribution in [2.24, 2.45) is 11.8 Å². The van der Waals surface area contributed by atoms with Crippen LogP contribution < -0.4 is 5.32 Å². The fourth-order valence-corrected chi connectivity index (χ4v) is 5.39. The van der Waals surface area contributed by atoms with Crippen LogP contribution in [0.5, 0.6) is 0 Å². The molecule has 9 nitrogen and oxygen atoms in total. The van der Waals surface area contributed by atoms with Gasteiger partial charge in [-0.15, -0.1) is 0 Å². The lowest BCUT2D eigenvalue weighted by Crippen LogP contribution is -2.68. The number of likely N-dealkylation sites (N-methyl/N-ethyl adjacent to an activating group) is 1. The van der Waals surface area contributed by atoms with Gasteiger partial charge in [-0.3, -0.25) is 19.3 Å². The summed E-state index contributed by atoms with van der Waals surface area (Å²) in [4.78, 5) is 44.3. The quantitative estimate of drug-likeness (QED) is 0.770. The molecule has 0 aromatic carbocycles. The summed E-state index contributed by atoms with van der Waals surface area (Å²) in [7, 11) is 1.80. The number of anilines is 1. The van der Waals surface area contributed by atoms with E-state index in [1.807, 2.05) is 11.8 Å². The van der Waals surface area contributed by atoms with Crippen LogP contribution in [0.2, 0.25) is 0 Å². The van der Waals surface area contributed by atoms with Gasteiger partial charge in [-0.05, 0) is 39.0 Å². The van der Waals surface area contributed by atoms with Crippen LogP contribution in [0.1, 0.15) is 38.4 Å². The molecule has 9 heteroatoms. The van der Waals surface area contributed by atoms with Crippen molar-refractivity contribution >= 4 is 23.5 Å². The highest BCUT2D eigenvalue weighted by molar-refractivity contribution is 5.91. The highest BCUT2D eigenvalue weighted by Gasteiger charge is 2.52. The first-order valence-electron chi connectivity index (χ1n) is 10.9. The Morgan fingerprint density at radius 1 is 1.33 bits per heavy atom. The van der Waals surface area contributed by atoms with E-state index in [4.69, 9.17) is 4.52 Å². The van der Waals surface area contributed by atoms with Gasteiger partial charge in [-0.2, -0.15) is 0 Å². The fraction of sp³-hybridized carbons (Fsp3) is 0.714.